The first-order valence-corrected chi connectivity index (χ1v) is 8.22. The van der Waals surface area contributed by atoms with Crippen LogP contribution < -0.4 is 5.32 Å². The van der Waals surface area contributed by atoms with Crippen molar-refractivity contribution >= 4 is 0 Å². The summed E-state index contributed by atoms with van der Waals surface area (Å²) in [6.45, 7) is 16.0. The molecule has 1 fully saturated rings. The Morgan fingerprint density at radius 3 is 2.22 bits per heavy atom. The molecule has 0 aliphatic carbocycles. The molecule has 1 aliphatic rings. The maximum Gasteiger partial charge on any atom is 0.0119 e. The predicted octanol–water partition coefficient (Wildman–Crippen LogP) is 3.91. The predicted molar refractivity (Wildman–Crippen MR) is 83.2 cm³/mol. The summed E-state index contributed by atoms with van der Waals surface area (Å²) >= 11 is 0. The lowest BCUT2D eigenvalue weighted by atomic mass is 10.0. The van der Waals surface area contributed by atoms with Crippen LogP contribution in [-0.4, -0.2) is 37.1 Å². The minimum absolute atomic E-state index is 0.852. The fourth-order valence-corrected chi connectivity index (χ4v) is 2.53. The van der Waals surface area contributed by atoms with Crippen LogP contribution in [0.25, 0.3) is 0 Å². The molecule has 0 aromatic rings. The number of hydrogen-bond acceptors (Lipinski definition) is 2. The van der Waals surface area contributed by atoms with Crippen molar-refractivity contribution in [1.82, 2.24) is 10.2 Å². The minimum Gasteiger partial charge on any atom is -0.317 e. The SMILES string of the molecule is CC.CCCN(CCC(C)CC)C1CCNCC1. The normalized spacial score (nSPS) is 18.3. The van der Waals surface area contributed by atoms with E-state index in [1.807, 2.05) is 13.8 Å². The molecule has 0 radical (unpaired) electrons. The van der Waals surface area contributed by atoms with Gasteiger partial charge in [-0.15, -0.1) is 0 Å². The summed E-state index contributed by atoms with van der Waals surface area (Å²) in [6.07, 6.45) is 6.69. The molecule has 0 saturated carbocycles. The van der Waals surface area contributed by atoms with Gasteiger partial charge in [0.2, 0.25) is 0 Å². The van der Waals surface area contributed by atoms with Crippen LogP contribution in [0, 0.1) is 5.92 Å². The molecule has 2 heteroatoms. The molecule has 110 valence electrons. The topological polar surface area (TPSA) is 15.3 Å². The monoisotopic (exact) mass is 256 g/mol. The molecule has 1 saturated heterocycles. The third-order valence-corrected chi connectivity index (χ3v) is 3.94. The van der Waals surface area contributed by atoms with Crippen LogP contribution in [0.5, 0.6) is 0 Å². The van der Waals surface area contributed by atoms with Crippen LogP contribution in [0.2, 0.25) is 0 Å². The second kappa shape index (κ2) is 12.0. The summed E-state index contributed by atoms with van der Waals surface area (Å²) in [7, 11) is 0. The average molecular weight is 256 g/mol. The Kier molecular flexibility index (Phi) is 11.9. The number of hydrogen-bond donors (Lipinski definition) is 1. The Labute approximate surface area is 116 Å². The second-order valence-corrected chi connectivity index (χ2v) is 5.32. The van der Waals surface area contributed by atoms with Gasteiger partial charge >= 0.3 is 0 Å². The lowest BCUT2D eigenvalue weighted by Gasteiger charge is -2.35. The number of rotatable bonds is 7. The maximum absolute atomic E-state index is 3.46. The zero-order chi connectivity index (χ0) is 13.8. The lowest BCUT2D eigenvalue weighted by Crippen LogP contribution is -2.44. The van der Waals surface area contributed by atoms with Crippen molar-refractivity contribution in [2.45, 2.75) is 72.8 Å². The van der Waals surface area contributed by atoms with Gasteiger partial charge in [0.05, 0.1) is 0 Å². The lowest BCUT2D eigenvalue weighted by molar-refractivity contribution is 0.153. The zero-order valence-electron chi connectivity index (χ0n) is 13.5. The molecule has 1 N–H and O–H groups in total. The smallest absolute Gasteiger partial charge is 0.0119 e. The molecule has 1 unspecified atom stereocenters. The Hall–Kier alpha value is -0.0800. The standard InChI is InChI=1S/C14H30N2.C2H6/c1-4-11-16(12-8-13(3)5-2)14-6-9-15-10-7-14;1-2/h13-15H,4-12H2,1-3H3;1-2H3. The fraction of sp³-hybridized carbons (Fsp3) is 1.00. The van der Waals surface area contributed by atoms with E-state index in [1.54, 1.807) is 0 Å². The van der Waals surface area contributed by atoms with Crippen molar-refractivity contribution < 1.29 is 0 Å². The van der Waals surface area contributed by atoms with Crippen molar-refractivity contribution in [3.63, 3.8) is 0 Å². The Morgan fingerprint density at radius 1 is 1.11 bits per heavy atom. The second-order valence-electron chi connectivity index (χ2n) is 5.32. The molecule has 1 aliphatic heterocycles. The Morgan fingerprint density at radius 2 is 1.72 bits per heavy atom. The van der Waals surface area contributed by atoms with E-state index in [4.69, 9.17) is 0 Å². The summed E-state index contributed by atoms with van der Waals surface area (Å²) in [5.41, 5.74) is 0. The van der Waals surface area contributed by atoms with Gasteiger partial charge in [0.1, 0.15) is 0 Å². The van der Waals surface area contributed by atoms with E-state index >= 15 is 0 Å². The molecule has 18 heavy (non-hydrogen) atoms. The van der Waals surface area contributed by atoms with Gasteiger partial charge in [-0.25, -0.2) is 0 Å². The Balaban J connectivity index is 0.00000137. The zero-order valence-corrected chi connectivity index (χ0v) is 13.5. The molecule has 0 aromatic heterocycles. The third kappa shape index (κ3) is 7.38. The average Bonchev–Trinajstić information content (AvgIpc) is 2.46. The van der Waals surface area contributed by atoms with E-state index < -0.39 is 0 Å². The summed E-state index contributed by atoms with van der Waals surface area (Å²) < 4.78 is 0. The van der Waals surface area contributed by atoms with Crippen molar-refractivity contribution in [2.75, 3.05) is 26.2 Å². The summed E-state index contributed by atoms with van der Waals surface area (Å²) in [6, 6.07) is 0.852. The molecule has 1 rings (SSSR count). The van der Waals surface area contributed by atoms with E-state index in [9.17, 15) is 0 Å². The first-order valence-electron chi connectivity index (χ1n) is 8.22. The summed E-state index contributed by atoms with van der Waals surface area (Å²) in [4.78, 5) is 2.74. The van der Waals surface area contributed by atoms with Gasteiger partial charge in [0.15, 0.2) is 0 Å². The van der Waals surface area contributed by atoms with Crippen LogP contribution in [0.3, 0.4) is 0 Å². The highest BCUT2D eigenvalue weighted by Gasteiger charge is 2.20. The van der Waals surface area contributed by atoms with Gasteiger partial charge in [-0.1, -0.05) is 41.0 Å². The van der Waals surface area contributed by atoms with Gasteiger partial charge < -0.3 is 10.2 Å². The largest absolute Gasteiger partial charge is 0.317 e. The highest BCUT2D eigenvalue weighted by atomic mass is 15.2. The van der Waals surface area contributed by atoms with Crippen LogP contribution >= 0.6 is 0 Å². The van der Waals surface area contributed by atoms with Gasteiger partial charge in [-0.3, -0.25) is 0 Å². The molecule has 0 amide bonds. The molecule has 0 spiro atoms. The van der Waals surface area contributed by atoms with Gasteiger partial charge in [-0.2, -0.15) is 0 Å². The van der Waals surface area contributed by atoms with Crippen molar-refractivity contribution in [2.24, 2.45) is 5.92 Å². The Bertz CT molecular complexity index is 164. The molecular formula is C16H36N2. The number of piperidine rings is 1. The highest BCUT2D eigenvalue weighted by molar-refractivity contribution is 4.77. The first-order chi connectivity index (χ1) is 8.77. The highest BCUT2D eigenvalue weighted by Crippen LogP contribution is 2.15. The number of nitrogens with zero attached hydrogens (tertiary/aromatic N) is 1. The maximum atomic E-state index is 3.46. The molecular weight excluding hydrogens is 220 g/mol. The van der Waals surface area contributed by atoms with E-state index in [-0.39, 0.29) is 0 Å². The third-order valence-electron chi connectivity index (χ3n) is 3.94. The van der Waals surface area contributed by atoms with Crippen molar-refractivity contribution in [3.8, 4) is 0 Å². The molecule has 1 atom stereocenters. The van der Waals surface area contributed by atoms with Crippen LogP contribution in [0.15, 0.2) is 0 Å². The quantitative estimate of drug-likeness (QED) is 0.743. The summed E-state index contributed by atoms with van der Waals surface area (Å²) in [5, 5.41) is 3.46. The first kappa shape index (κ1) is 17.9. The fourth-order valence-electron chi connectivity index (χ4n) is 2.53. The molecule has 0 aromatic carbocycles. The summed E-state index contributed by atoms with van der Waals surface area (Å²) in [5.74, 6) is 0.890. The van der Waals surface area contributed by atoms with E-state index in [0.717, 1.165) is 12.0 Å². The van der Waals surface area contributed by atoms with E-state index in [2.05, 4.69) is 31.0 Å². The van der Waals surface area contributed by atoms with Crippen LogP contribution in [0.4, 0.5) is 0 Å². The van der Waals surface area contributed by atoms with Gasteiger partial charge in [0.25, 0.3) is 0 Å². The van der Waals surface area contributed by atoms with E-state index in [0.29, 0.717) is 0 Å². The molecule has 1 heterocycles. The van der Waals surface area contributed by atoms with Crippen LogP contribution in [0.1, 0.15) is 66.7 Å². The number of nitrogens with one attached hydrogen (secondary N) is 1. The molecule has 0 bridgehead atoms. The van der Waals surface area contributed by atoms with Gasteiger partial charge in [0, 0.05) is 6.04 Å². The van der Waals surface area contributed by atoms with Crippen molar-refractivity contribution in [1.29, 1.82) is 0 Å². The van der Waals surface area contributed by atoms with Crippen LogP contribution in [-0.2, 0) is 0 Å². The van der Waals surface area contributed by atoms with Gasteiger partial charge in [-0.05, 0) is 57.8 Å². The van der Waals surface area contributed by atoms with Crippen molar-refractivity contribution in [3.05, 3.63) is 0 Å². The molecule has 2 nitrogen and oxygen atoms in total. The van der Waals surface area contributed by atoms with E-state index in [1.165, 1.54) is 58.3 Å². The minimum atomic E-state index is 0.852.